The lowest BCUT2D eigenvalue weighted by Gasteiger charge is -2.16. The van der Waals surface area contributed by atoms with Crippen molar-refractivity contribution in [2.45, 2.75) is 19.3 Å². The number of carbonyl (C=O) groups is 1. The lowest BCUT2D eigenvalue weighted by molar-refractivity contribution is 0.0968. The molecular formula is C10H7ClF2O. The van der Waals surface area contributed by atoms with Crippen LogP contribution in [0.15, 0.2) is 6.07 Å². The van der Waals surface area contributed by atoms with Crippen LogP contribution in [-0.4, -0.2) is 5.78 Å². The lowest BCUT2D eigenvalue weighted by Crippen LogP contribution is -2.14. The number of rotatable bonds is 0. The molecule has 74 valence electrons. The van der Waals surface area contributed by atoms with Crippen molar-refractivity contribution >= 4 is 17.4 Å². The van der Waals surface area contributed by atoms with Gasteiger partial charge in [-0.15, -0.1) is 0 Å². The van der Waals surface area contributed by atoms with E-state index < -0.39 is 11.6 Å². The molecule has 14 heavy (non-hydrogen) atoms. The van der Waals surface area contributed by atoms with Gasteiger partial charge >= 0.3 is 0 Å². The van der Waals surface area contributed by atoms with Crippen LogP contribution in [0.2, 0.25) is 5.02 Å². The molecule has 0 spiro atoms. The van der Waals surface area contributed by atoms with Crippen LogP contribution >= 0.6 is 11.6 Å². The maximum Gasteiger partial charge on any atom is 0.166 e. The molecule has 1 aromatic carbocycles. The Kier molecular flexibility index (Phi) is 2.27. The number of fused-ring (bicyclic) bond motifs is 1. The molecule has 0 saturated carbocycles. The fourth-order valence-electron chi connectivity index (χ4n) is 1.73. The van der Waals surface area contributed by atoms with Crippen molar-refractivity contribution in [3.05, 3.63) is 33.9 Å². The molecule has 1 nitrogen and oxygen atoms in total. The number of hydrogen-bond acceptors (Lipinski definition) is 1. The summed E-state index contributed by atoms with van der Waals surface area (Å²) >= 11 is 5.65. The summed E-state index contributed by atoms with van der Waals surface area (Å²) in [5.74, 6) is -1.88. The summed E-state index contributed by atoms with van der Waals surface area (Å²) in [5.41, 5.74) is 0.295. The van der Waals surface area contributed by atoms with Crippen LogP contribution in [0, 0.1) is 11.6 Å². The Hall–Kier alpha value is -0.960. The molecule has 0 heterocycles. The third-order valence-electron chi connectivity index (χ3n) is 2.38. The maximum absolute atomic E-state index is 13.2. The minimum Gasteiger partial charge on any atom is -0.294 e. The van der Waals surface area contributed by atoms with E-state index in [1.54, 1.807) is 0 Å². The first kappa shape index (κ1) is 9.59. The topological polar surface area (TPSA) is 17.1 Å². The third-order valence-corrected chi connectivity index (χ3v) is 2.79. The Morgan fingerprint density at radius 1 is 1.21 bits per heavy atom. The first-order chi connectivity index (χ1) is 6.61. The predicted molar refractivity (Wildman–Crippen MR) is 48.6 cm³/mol. The smallest absolute Gasteiger partial charge is 0.166 e. The first-order valence-electron chi connectivity index (χ1n) is 4.31. The van der Waals surface area contributed by atoms with Gasteiger partial charge in [0.1, 0.15) is 11.6 Å². The Labute approximate surface area is 84.7 Å². The quantitative estimate of drug-likeness (QED) is 0.609. The third kappa shape index (κ3) is 1.32. The minimum absolute atomic E-state index is 0.0253. The second kappa shape index (κ2) is 3.31. The summed E-state index contributed by atoms with van der Waals surface area (Å²) < 4.78 is 26.3. The van der Waals surface area contributed by atoms with Crippen molar-refractivity contribution < 1.29 is 13.6 Å². The van der Waals surface area contributed by atoms with Crippen molar-refractivity contribution in [2.75, 3.05) is 0 Å². The number of hydrogen-bond donors (Lipinski definition) is 0. The number of ketones is 1. The summed E-state index contributed by atoms with van der Waals surface area (Å²) in [6.45, 7) is 0. The SMILES string of the molecule is O=C1CCCc2c(Cl)c(F)cc(F)c21. The Morgan fingerprint density at radius 2 is 1.93 bits per heavy atom. The molecule has 0 aliphatic heterocycles. The molecule has 0 amide bonds. The zero-order valence-corrected chi connectivity index (χ0v) is 8.00. The summed E-state index contributed by atoms with van der Waals surface area (Å²) in [7, 11) is 0. The van der Waals surface area contributed by atoms with Gasteiger partial charge in [-0.25, -0.2) is 8.78 Å². The summed E-state index contributed by atoms with van der Waals surface area (Å²) in [6, 6.07) is 0.671. The van der Waals surface area contributed by atoms with E-state index in [-0.39, 0.29) is 16.4 Å². The Morgan fingerprint density at radius 3 is 2.64 bits per heavy atom. The fourth-order valence-corrected chi connectivity index (χ4v) is 1.98. The van der Waals surface area contributed by atoms with Gasteiger partial charge in [-0.2, -0.15) is 0 Å². The van der Waals surface area contributed by atoms with Crippen molar-refractivity contribution in [3.63, 3.8) is 0 Å². The van der Waals surface area contributed by atoms with Crippen LogP contribution in [-0.2, 0) is 6.42 Å². The van der Waals surface area contributed by atoms with E-state index in [2.05, 4.69) is 0 Å². The van der Waals surface area contributed by atoms with Crippen LogP contribution in [0.5, 0.6) is 0 Å². The van der Waals surface area contributed by atoms with Crippen molar-refractivity contribution in [3.8, 4) is 0 Å². The highest BCUT2D eigenvalue weighted by Crippen LogP contribution is 2.31. The van der Waals surface area contributed by atoms with Gasteiger partial charge in [-0.05, 0) is 18.4 Å². The van der Waals surface area contributed by atoms with Crippen LogP contribution in [0.1, 0.15) is 28.8 Å². The number of carbonyl (C=O) groups excluding carboxylic acids is 1. The average molecular weight is 217 g/mol. The van der Waals surface area contributed by atoms with E-state index >= 15 is 0 Å². The van der Waals surface area contributed by atoms with Gasteiger partial charge in [0.15, 0.2) is 5.78 Å². The highest BCUT2D eigenvalue weighted by atomic mass is 35.5. The molecule has 2 rings (SSSR count). The molecule has 1 aliphatic carbocycles. The summed E-state index contributed by atoms with van der Waals surface area (Å²) in [5, 5.41) is -0.116. The van der Waals surface area contributed by atoms with Gasteiger partial charge in [-0.1, -0.05) is 11.6 Å². The molecule has 4 heteroatoms. The summed E-state index contributed by atoms with van der Waals surface area (Å²) in [6.07, 6.45) is 1.38. The average Bonchev–Trinajstić information content (AvgIpc) is 2.14. The van der Waals surface area contributed by atoms with E-state index in [1.165, 1.54) is 0 Å². The van der Waals surface area contributed by atoms with Gasteiger partial charge in [-0.3, -0.25) is 4.79 Å². The minimum atomic E-state index is -0.799. The fraction of sp³-hybridized carbons (Fsp3) is 0.300. The van der Waals surface area contributed by atoms with E-state index in [1.807, 2.05) is 0 Å². The zero-order valence-electron chi connectivity index (χ0n) is 7.24. The standard InChI is InChI=1S/C10H7ClF2O/c11-10-5-2-1-3-8(14)9(5)6(12)4-7(10)13/h4H,1-3H2. The molecule has 0 atom stereocenters. The van der Waals surface area contributed by atoms with Gasteiger partial charge in [0.2, 0.25) is 0 Å². The molecule has 1 aliphatic rings. The highest BCUT2D eigenvalue weighted by molar-refractivity contribution is 6.32. The number of benzene rings is 1. The molecular weight excluding hydrogens is 210 g/mol. The Bertz CT molecular complexity index is 415. The van der Waals surface area contributed by atoms with Gasteiger partial charge < -0.3 is 0 Å². The second-order valence-corrected chi connectivity index (χ2v) is 3.66. The highest BCUT2D eigenvalue weighted by Gasteiger charge is 2.25. The summed E-state index contributed by atoms with van der Waals surface area (Å²) in [4.78, 5) is 11.3. The van der Waals surface area contributed by atoms with Crippen LogP contribution in [0.25, 0.3) is 0 Å². The second-order valence-electron chi connectivity index (χ2n) is 3.28. The molecule has 0 aromatic heterocycles. The van der Waals surface area contributed by atoms with E-state index in [9.17, 15) is 13.6 Å². The van der Waals surface area contributed by atoms with E-state index in [0.29, 0.717) is 30.9 Å². The molecule has 0 saturated heterocycles. The zero-order chi connectivity index (χ0) is 10.3. The first-order valence-corrected chi connectivity index (χ1v) is 4.68. The van der Waals surface area contributed by atoms with E-state index in [0.717, 1.165) is 0 Å². The normalized spacial score (nSPS) is 15.5. The van der Waals surface area contributed by atoms with E-state index in [4.69, 9.17) is 11.6 Å². The molecule has 0 N–H and O–H groups in total. The number of Topliss-reactive ketones (excluding diaryl/α,β-unsaturated/α-hetero) is 1. The van der Waals surface area contributed by atoms with Crippen LogP contribution < -0.4 is 0 Å². The monoisotopic (exact) mass is 216 g/mol. The van der Waals surface area contributed by atoms with Crippen molar-refractivity contribution in [1.82, 2.24) is 0 Å². The maximum atomic E-state index is 13.2. The molecule has 1 aromatic rings. The molecule has 0 bridgehead atoms. The van der Waals surface area contributed by atoms with Gasteiger partial charge in [0, 0.05) is 12.5 Å². The Balaban J connectivity index is 2.72. The number of halogens is 3. The van der Waals surface area contributed by atoms with Gasteiger partial charge in [0.05, 0.1) is 10.6 Å². The van der Waals surface area contributed by atoms with Crippen molar-refractivity contribution in [1.29, 1.82) is 0 Å². The van der Waals surface area contributed by atoms with Crippen LogP contribution in [0.4, 0.5) is 8.78 Å². The molecule has 0 radical (unpaired) electrons. The molecule has 0 unspecified atom stereocenters. The lowest BCUT2D eigenvalue weighted by atomic mass is 9.90. The molecule has 0 fully saturated rings. The predicted octanol–water partition coefficient (Wildman–Crippen LogP) is 3.14. The largest absolute Gasteiger partial charge is 0.294 e. The van der Waals surface area contributed by atoms with Crippen LogP contribution in [0.3, 0.4) is 0 Å². The van der Waals surface area contributed by atoms with Gasteiger partial charge in [0.25, 0.3) is 0 Å². The van der Waals surface area contributed by atoms with Crippen molar-refractivity contribution in [2.24, 2.45) is 0 Å².